The second-order valence-corrected chi connectivity index (χ2v) is 6.58. The number of rotatable bonds is 3. The monoisotopic (exact) mass is 372 g/mol. The third-order valence-corrected chi connectivity index (χ3v) is 4.85. The maximum absolute atomic E-state index is 12.4. The number of likely N-dealkylation sites (tertiary alicyclic amines) is 1. The number of urea groups is 1. The number of fused-ring (bicyclic) bond motifs is 1. The quantitative estimate of drug-likeness (QED) is 0.725. The Morgan fingerprint density at radius 1 is 1.33 bits per heavy atom. The molecule has 3 heterocycles. The minimum Gasteiger partial charge on any atom is -0.454 e. The highest BCUT2D eigenvalue weighted by molar-refractivity contribution is 5.74. The van der Waals surface area contributed by atoms with E-state index in [1.165, 1.54) is 12.4 Å². The maximum atomic E-state index is 12.4. The van der Waals surface area contributed by atoms with Crippen LogP contribution in [0.1, 0.15) is 23.6 Å². The maximum Gasteiger partial charge on any atom is 0.317 e. The van der Waals surface area contributed by atoms with Gasteiger partial charge in [-0.15, -0.1) is 0 Å². The number of piperidine rings is 1. The third kappa shape index (κ3) is 3.72. The van der Waals surface area contributed by atoms with Crippen molar-refractivity contribution in [3.05, 3.63) is 52.2 Å². The molecule has 0 unspecified atom stereocenters. The lowest BCUT2D eigenvalue weighted by atomic mass is 9.87. The van der Waals surface area contributed by atoms with Gasteiger partial charge in [-0.25, -0.2) is 9.78 Å². The third-order valence-electron chi connectivity index (χ3n) is 4.85. The van der Waals surface area contributed by atoms with Crippen LogP contribution in [0.2, 0.25) is 0 Å². The standard InChI is InChI=1S/C18H20N4O5/c23-14-8-22(18(25)19-7-12-6-17(24)21-9-20-12)4-3-13(14)11-1-2-15-16(5-11)27-10-26-15/h1-2,5-6,9,13-14,23H,3-4,7-8,10H2,(H,19,25)(H,20,21,24)/t13-,14+/m0/s1. The highest BCUT2D eigenvalue weighted by atomic mass is 16.7. The topological polar surface area (TPSA) is 117 Å². The van der Waals surface area contributed by atoms with Gasteiger partial charge in [0.15, 0.2) is 11.5 Å². The highest BCUT2D eigenvalue weighted by Crippen LogP contribution is 2.37. The molecule has 1 aromatic carbocycles. The number of β-amino-alcohol motifs (C(OH)–C–C–N with tert-alkyl or cyclic N) is 1. The molecule has 2 amide bonds. The van der Waals surface area contributed by atoms with E-state index in [-0.39, 0.29) is 37.4 Å². The average molecular weight is 372 g/mol. The van der Waals surface area contributed by atoms with Crippen LogP contribution in [0.4, 0.5) is 4.79 Å². The summed E-state index contributed by atoms with van der Waals surface area (Å²) < 4.78 is 10.7. The summed E-state index contributed by atoms with van der Waals surface area (Å²) in [5.41, 5.74) is 1.18. The number of aromatic amines is 1. The van der Waals surface area contributed by atoms with Crippen LogP contribution in [-0.2, 0) is 6.54 Å². The Morgan fingerprint density at radius 2 is 2.19 bits per heavy atom. The molecule has 3 N–H and O–H groups in total. The Hall–Kier alpha value is -3.07. The van der Waals surface area contributed by atoms with Crippen molar-refractivity contribution in [2.75, 3.05) is 19.9 Å². The zero-order valence-corrected chi connectivity index (χ0v) is 14.6. The summed E-state index contributed by atoms with van der Waals surface area (Å²) in [5, 5.41) is 13.3. The van der Waals surface area contributed by atoms with Crippen molar-refractivity contribution in [2.24, 2.45) is 0 Å². The van der Waals surface area contributed by atoms with Crippen LogP contribution < -0.4 is 20.3 Å². The number of H-pyrrole nitrogens is 1. The molecule has 27 heavy (non-hydrogen) atoms. The number of aliphatic hydroxyl groups is 1. The molecule has 0 radical (unpaired) electrons. The SMILES string of the molecule is O=C(NCc1cc(=O)[nH]cn1)N1CC[C@@H](c2ccc3c(c2)OCO3)[C@H](O)C1. The van der Waals surface area contributed by atoms with Gasteiger partial charge in [-0.3, -0.25) is 4.79 Å². The fourth-order valence-electron chi connectivity index (χ4n) is 3.43. The van der Waals surface area contributed by atoms with Crippen molar-refractivity contribution < 1.29 is 19.4 Å². The normalized spacial score (nSPS) is 21.1. The first-order chi connectivity index (χ1) is 13.1. The molecule has 9 heteroatoms. The number of carbonyl (C=O) groups excluding carboxylic acids is 1. The van der Waals surface area contributed by atoms with Crippen LogP contribution in [-0.4, -0.2) is 52.0 Å². The first kappa shape index (κ1) is 17.3. The van der Waals surface area contributed by atoms with Crippen LogP contribution in [0.15, 0.2) is 35.4 Å². The van der Waals surface area contributed by atoms with Crippen LogP contribution >= 0.6 is 0 Å². The number of ether oxygens (including phenoxy) is 2. The molecular formula is C18H20N4O5. The van der Waals surface area contributed by atoms with Gasteiger partial charge < -0.3 is 29.8 Å². The van der Waals surface area contributed by atoms with Crippen molar-refractivity contribution >= 4 is 6.03 Å². The van der Waals surface area contributed by atoms with Gasteiger partial charge in [-0.2, -0.15) is 0 Å². The van der Waals surface area contributed by atoms with Crippen LogP contribution in [0.3, 0.4) is 0 Å². The molecule has 142 valence electrons. The molecule has 9 nitrogen and oxygen atoms in total. The lowest BCUT2D eigenvalue weighted by Gasteiger charge is -2.36. The summed E-state index contributed by atoms with van der Waals surface area (Å²) in [6.07, 6.45) is 1.25. The Morgan fingerprint density at radius 3 is 3.00 bits per heavy atom. The highest BCUT2D eigenvalue weighted by Gasteiger charge is 2.32. The Labute approximate surface area is 154 Å². The lowest BCUT2D eigenvalue weighted by molar-refractivity contribution is 0.0653. The molecule has 1 fully saturated rings. The Bertz CT molecular complexity index is 899. The van der Waals surface area contributed by atoms with Gasteiger partial charge in [-0.1, -0.05) is 6.07 Å². The predicted octanol–water partition coefficient (Wildman–Crippen LogP) is 0.559. The summed E-state index contributed by atoms with van der Waals surface area (Å²) in [4.78, 5) is 31.6. The summed E-state index contributed by atoms with van der Waals surface area (Å²) in [6.45, 7) is 1.11. The summed E-state index contributed by atoms with van der Waals surface area (Å²) >= 11 is 0. The number of amides is 2. The Kier molecular flexibility index (Phi) is 4.68. The van der Waals surface area contributed by atoms with Crippen LogP contribution in [0.5, 0.6) is 11.5 Å². The van der Waals surface area contributed by atoms with Gasteiger partial charge in [0.2, 0.25) is 6.79 Å². The largest absolute Gasteiger partial charge is 0.454 e. The molecule has 0 bridgehead atoms. The van der Waals surface area contributed by atoms with Crippen LogP contribution in [0, 0.1) is 0 Å². The van der Waals surface area contributed by atoms with Crippen molar-refractivity contribution in [1.29, 1.82) is 0 Å². The molecule has 0 saturated carbocycles. The minimum atomic E-state index is -0.678. The summed E-state index contributed by atoms with van der Waals surface area (Å²) in [7, 11) is 0. The summed E-state index contributed by atoms with van der Waals surface area (Å²) in [6, 6.07) is 6.71. The number of carbonyl (C=O) groups is 1. The molecule has 0 aliphatic carbocycles. The molecule has 0 spiro atoms. The van der Waals surface area contributed by atoms with Gasteiger partial charge >= 0.3 is 6.03 Å². The van der Waals surface area contributed by atoms with Crippen molar-refractivity contribution in [2.45, 2.75) is 25.0 Å². The number of nitrogens with one attached hydrogen (secondary N) is 2. The number of hydrogen-bond acceptors (Lipinski definition) is 6. The smallest absolute Gasteiger partial charge is 0.317 e. The number of nitrogens with zero attached hydrogens (tertiary/aromatic N) is 2. The van der Waals surface area contributed by atoms with Gasteiger partial charge in [0, 0.05) is 25.1 Å². The number of hydrogen-bond donors (Lipinski definition) is 3. The van der Waals surface area contributed by atoms with Gasteiger partial charge in [0.05, 0.1) is 24.7 Å². The van der Waals surface area contributed by atoms with E-state index in [0.29, 0.717) is 30.2 Å². The van der Waals surface area contributed by atoms with E-state index in [4.69, 9.17) is 9.47 Å². The van der Waals surface area contributed by atoms with Crippen molar-refractivity contribution in [1.82, 2.24) is 20.2 Å². The second kappa shape index (κ2) is 7.28. The molecule has 4 rings (SSSR count). The molecule has 1 saturated heterocycles. The number of benzene rings is 1. The number of aromatic nitrogens is 2. The van der Waals surface area contributed by atoms with E-state index in [0.717, 1.165) is 5.56 Å². The predicted molar refractivity (Wildman–Crippen MR) is 94.6 cm³/mol. The van der Waals surface area contributed by atoms with Crippen LogP contribution in [0.25, 0.3) is 0 Å². The molecular weight excluding hydrogens is 352 g/mol. The molecule has 2 aliphatic rings. The first-order valence-electron chi connectivity index (χ1n) is 8.74. The minimum absolute atomic E-state index is 0.0714. The van der Waals surface area contributed by atoms with Gasteiger partial charge in [-0.05, 0) is 24.1 Å². The lowest BCUT2D eigenvalue weighted by Crippen LogP contribution is -2.49. The number of aliphatic hydroxyl groups excluding tert-OH is 1. The zero-order valence-electron chi connectivity index (χ0n) is 14.6. The van der Waals surface area contributed by atoms with E-state index in [1.807, 2.05) is 18.2 Å². The van der Waals surface area contributed by atoms with Gasteiger partial charge in [0.1, 0.15) is 0 Å². The zero-order chi connectivity index (χ0) is 18.8. The van der Waals surface area contributed by atoms with E-state index >= 15 is 0 Å². The van der Waals surface area contributed by atoms with Crippen molar-refractivity contribution in [3.63, 3.8) is 0 Å². The second-order valence-electron chi connectivity index (χ2n) is 6.58. The molecule has 1 aromatic heterocycles. The van der Waals surface area contributed by atoms with E-state index in [9.17, 15) is 14.7 Å². The average Bonchev–Trinajstić information content (AvgIpc) is 3.14. The fourth-order valence-corrected chi connectivity index (χ4v) is 3.43. The summed E-state index contributed by atoms with van der Waals surface area (Å²) in [5.74, 6) is 1.32. The van der Waals surface area contributed by atoms with E-state index < -0.39 is 6.10 Å². The van der Waals surface area contributed by atoms with E-state index in [1.54, 1.807) is 4.90 Å². The Balaban J connectivity index is 1.35. The van der Waals surface area contributed by atoms with Gasteiger partial charge in [0.25, 0.3) is 5.56 Å². The van der Waals surface area contributed by atoms with E-state index in [2.05, 4.69) is 15.3 Å². The molecule has 2 aromatic rings. The van der Waals surface area contributed by atoms with Crippen molar-refractivity contribution in [3.8, 4) is 11.5 Å². The fraction of sp³-hybridized carbons (Fsp3) is 0.389. The molecule has 2 atom stereocenters. The molecule has 2 aliphatic heterocycles. The first-order valence-corrected chi connectivity index (χ1v) is 8.74.